The fourth-order valence-corrected chi connectivity index (χ4v) is 2.28. The minimum Gasteiger partial charge on any atom is -0.311 e. The predicted octanol–water partition coefficient (Wildman–Crippen LogP) is 3.41. The van der Waals surface area contributed by atoms with Crippen LogP contribution >= 0.6 is 0 Å². The number of fused-ring (bicyclic) bond motifs is 1. The van der Waals surface area contributed by atoms with E-state index in [4.69, 9.17) is 0 Å². The molecule has 0 saturated carbocycles. The second-order valence-corrected chi connectivity index (χ2v) is 5.31. The van der Waals surface area contributed by atoms with Gasteiger partial charge in [0.2, 0.25) is 0 Å². The molecule has 0 aliphatic carbocycles. The molecule has 0 aliphatic heterocycles. The quantitative estimate of drug-likeness (QED) is 0.838. The molecule has 1 heterocycles. The van der Waals surface area contributed by atoms with Gasteiger partial charge in [0.15, 0.2) is 0 Å². The van der Waals surface area contributed by atoms with Gasteiger partial charge in [-0.05, 0) is 44.4 Å². The summed E-state index contributed by atoms with van der Waals surface area (Å²) in [4.78, 5) is 0. The third-order valence-electron chi connectivity index (χ3n) is 4.16. The summed E-state index contributed by atoms with van der Waals surface area (Å²) in [7, 11) is 0. The van der Waals surface area contributed by atoms with Crippen molar-refractivity contribution in [1.82, 2.24) is 15.5 Å². The minimum absolute atomic E-state index is 0.190. The van der Waals surface area contributed by atoms with E-state index in [2.05, 4.69) is 36.3 Å². The highest BCUT2D eigenvalue weighted by Crippen LogP contribution is 2.20. The molecule has 0 fully saturated rings. The summed E-state index contributed by atoms with van der Waals surface area (Å²) in [5, 5.41) is 11.1. The first-order valence-corrected chi connectivity index (χ1v) is 6.95. The zero-order valence-electron chi connectivity index (χ0n) is 11.9. The van der Waals surface area contributed by atoms with Gasteiger partial charge in [-0.1, -0.05) is 19.9 Å². The monoisotopic (exact) mass is 263 g/mol. The first-order valence-electron chi connectivity index (χ1n) is 6.95. The minimum atomic E-state index is -0.240. The van der Waals surface area contributed by atoms with Crippen LogP contribution in [0.1, 0.15) is 39.2 Å². The number of benzene rings is 1. The first-order chi connectivity index (χ1) is 9.09. The Morgan fingerprint density at radius 1 is 1.32 bits per heavy atom. The average Bonchev–Trinajstić information content (AvgIpc) is 2.91. The number of H-pyrrole nitrogens is 1. The number of aromatic amines is 1. The summed E-state index contributed by atoms with van der Waals surface area (Å²) in [6.07, 6.45) is 4.79. The lowest BCUT2D eigenvalue weighted by atomic mass is 9.95. The second kappa shape index (κ2) is 5.70. The van der Waals surface area contributed by atoms with Crippen LogP contribution in [0.5, 0.6) is 0 Å². The lowest BCUT2D eigenvalue weighted by molar-refractivity contribution is 0.334. The maximum Gasteiger partial charge on any atom is 0.148 e. The predicted molar refractivity (Wildman–Crippen MR) is 76.7 cm³/mol. The second-order valence-electron chi connectivity index (χ2n) is 5.31. The standard InChI is InChI=1S/C15H22FN3/c1-4-15(3,5-2)17-9-8-11-6-7-13(16)14-12(11)10-18-19-14/h6-7,10,17H,4-5,8-9H2,1-3H3,(H,18,19). The highest BCUT2D eigenvalue weighted by molar-refractivity contribution is 5.82. The number of nitrogens with zero attached hydrogens (tertiary/aromatic N) is 1. The number of aromatic nitrogens is 2. The molecule has 0 saturated heterocycles. The molecule has 0 radical (unpaired) electrons. The number of hydrogen-bond donors (Lipinski definition) is 2. The third-order valence-corrected chi connectivity index (χ3v) is 4.16. The molecule has 0 spiro atoms. The van der Waals surface area contributed by atoms with Crippen LogP contribution in [0.2, 0.25) is 0 Å². The highest BCUT2D eigenvalue weighted by Gasteiger charge is 2.18. The molecule has 3 nitrogen and oxygen atoms in total. The molecule has 0 bridgehead atoms. The zero-order valence-corrected chi connectivity index (χ0v) is 11.9. The highest BCUT2D eigenvalue weighted by atomic mass is 19.1. The van der Waals surface area contributed by atoms with Crippen LogP contribution in [-0.4, -0.2) is 22.3 Å². The van der Waals surface area contributed by atoms with Crippen LogP contribution in [-0.2, 0) is 6.42 Å². The average molecular weight is 263 g/mol. The van der Waals surface area contributed by atoms with Gasteiger partial charge in [-0.25, -0.2) is 4.39 Å². The van der Waals surface area contributed by atoms with E-state index in [-0.39, 0.29) is 11.4 Å². The van der Waals surface area contributed by atoms with Crippen molar-refractivity contribution in [1.29, 1.82) is 0 Å². The summed E-state index contributed by atoms with van der Waals surface area (Å²) in [6, 6.07) is 3.36. The van der Waals surface area contributed by atoms with E-state index in [1.54, 1.807) is 6.20 Å². The molecular weight excluding hydrogens is 241 g/mol. The number of halogens is 1. The Bertz CT molecular complexity index is 543. The maximum atomic E-state index is 13.5. The number of nitrogens with one attached hydrogen (secondary N) is 2. The van der Waals surface area contributed by atoms with Gasteiger partial charge >= 0.3 is 0 Å². The molecule has 2 rings (SSSR count). The molecule has 104 valence electrons. The summed E-state index contributed by atoms with van der Waals surface area (Å²) in [5.74, 6) is -0.240. The lowest BCUT2D eigenvalue weighted by Crippen LogP contribution is -2.42. The van der Waals surface area contributed by atoms with Crippen LogP contribution in [0.4, 0.5) is 4.39 Å². The maximum absolute atomic E-state index is 13.5. The third kappa shape index (κ3) is 2.95. The van der Waals surface area contributed by atoms with Gasteiger partial charge in [-0.3, -0.25) is 5.10 Å². The van der Waals surface area contributed by atoms with Crippen LogP contribution in [0.25, 0.3) is 10.9 Å². The van der Waals surface area contributed by atoms with Crippen molar-refractivity contribution in [2.75, 3.05) is 6.54 Å². The van der Waals surface area contributed by atoms with Crippen LogP contribution in [0.3, 0.4) is 0 Å². The van der Waals surface area contributed by atoms with Gasteiger partial charge in [0.1, 0.15) is 11.3 Å². The van der Waals surface area contributed by atoms with Crippen LogP contribution in [0.15, 0.2) is 18.3 Å². The summed E-state index contributed by atoms with van der Waals surface area (Å²) in [5.41, 5.74) is 1.83. The van der Waals surface area contributed by atoms with E-state index in [0.29, 0.717) is 5.52 Å². The molecular formula is C15H22FN3. The zero-order chi connectivity index (χ0) is 13.9. The largest absolute Gasteiger partial charge is 0.311 e. The van der Waals surface area contributed by atoms with Crippen molar-refractivity contribution in [2.24, 2.45) is 0 Å². The van der Waals surface area contributed by atoms with Crippen molar-refractivity contribution in [3.63, 3.8) is 0 Å². The van der Waals surface area contributed by atoms with Gasteiger partial charge in [-0.15, -0.1) is 0 Å². The fourth-order valence-electron chi connectivity index (χ4n) is 2.28. The smallest absolute Gasteiger partial charge is 0.148 e. The molecule has 1 aromatic carbocycles. The summed E-state index contributed by atoms with van der Waals surface area (Å²) >= 11 is 0. The summed E-state index contributed by atoms with van der Waals surface area (Å²) in [6.45, 7) is 7.53. The van der Waals surface area contributed by atoms with Crippen molar-refractivity contribution in [2.45, 2.75) is 45.6 Å². The Kier molecular flexibility index (Phi) is 4.20. The lowest BCUT2D eigenvalue weighted by Gasteiger charge is -2.28. The molecule has 0 unspecified atom stereocenters. The molecule has 4 heteroatoms. The van der Waals surface area contributed by atoms with E-state index in [1.807, 2.05) is 6.07 Å². The molecule has 0 amide bonds. The Labute approximate surface area is 113 Å². The molecule has 19 heavy (non-hydrogen) atoms. The van der Waals surface area contributed by atoms with Gasteiger partial charge in [0.25, 0.3) is 0 Å². The van der Waals surface area contributed by atoms with Crippen LogP contribution in [0, 0.1) is 5.82 Å². The first kappa shape index (κ1) is 14.0. The normalized spacial score (nSPS) is 12.2. The molecule has 2 aromatic rings. The van der Waals surface area contributed by atoms with E-state index >= 15 is 0 Å². The molecule has 0 aliphatic rings. The summed E-state index contributed by atoms with van der Waals surface area (Å²) < 4.78 is 13.5. The molecule has 2 N–H and O–H groups in total. The van der Waals surface area contributed by atoms with Gasteiger partial charge in [0.05, 0.1) is 6.20 Å². The van der Waals surface area contributed by atoms with E-state index in [9.17, 15) is 4.39 Å². The van der Waals surface area contributed by atoms with Gasteiger partial charge in [-0.2, -0.15) is 5.10 Å². The number of rotatable bonds is 6. The van der Waals surface area contributed by atoms with Crippen molar-refractivity contribution in [3.8, 4) is 0 Å². The fraction of sp³-hybridized carbons (Fsp3) is 0.533. The Morgan fingerprint density at radius 2 is 2.05 bits per heavy atom. The van der Waals surface area contributed by atoms with Crippen molar-refractivity contribution in [3.05, 3.63) is 29.7 Å². The number of hydrogen-bond acceptors (Lipinski definition) is 2. The molecule has 0 atom stereocenters. The van der Waals surface area contributed by atoms with Gasteiger partial charge in [0, 0.05) is 10.9 Å². The van der Waals surface area contributed by atoms with E-state index in [0.717, 1.165) is 36.8 Å². The SMILES string of the molecule is CCC(C)(CC)NCCc1ccc(F)c2[nH]ncc12. The molecule has 1 aromatic heterocycles. The Morgan fingerprint density at radius 3 is 2.74 bits per heavy atom. The van der Waals surface area contributed by atoms with Gasteiger partial charge < -0.3 is 5.32 Å². The Hall–Kier alpha value is -1.42. The van der Waals surface area contributed by atoms with E-state index < -0.39 is 0 Å². The van der Waals surface area contributed by atoms with Crippen LogP contribution < -0.4 is 5.32 Å². The van der Waals surface area contributed by atoms with Crippen molar-refractivity contribution >= 4 is 10.9 Å². The Balaban J connectivity index is 2.06. The van der Waals surface area contributed by atoms with Crippen molar-refractivity contribution < 1.29 is 4.39 Å². The topological polar surface area (TPSA) is 40.7 Å². The van der Waals surface area contributed by atoms with E-state index in [1.165, 1.54) is 6.07 Å².